The van der Waals surface area contributed by atoms with Crippen molar-refractivity contribution in [1.29, 1.82) is 0 Å². The summed E-state index contributed by atoms with van der Waals surface area (Å²) in [6, 6.07) is 16.7. The maximum Gasteiger partial charge on any atom is 0.287 e. The maximum absolute atomic E-state index is 13.6. The number of nitrogens with one attached hydrogen (secondary N) is 1. The molecule has 2 aromatic carbocycles. The van der Waals surface area contributed by atoms with E-state index in [2.05, 4.69) is 36.5 Å². The molecule has 12 heteroatoms. The van der Waals surface area contributed by atoms with E-state index >= 15 is 0 Å². The van der Waals surface area contributed by atoms with Crippen LogP contribution >= 0.6 is 27.7 Å². The van der Waals surface area contributed by atoms with Gasteiger partial charge in [0.1, 0.15) is 5.82 Å². The van der Waals surface area contributed by atoms with Crippen LogP contribution < -0.4 is 5.32 Å². The van der Waals surface area contributed by atoms with E-state index in [0.29, 0.717) is 17.4 Å². The number of rotatable bonds is 8. The SMILES string of the molecule is Cn1c(CNC(=O)c2ccco2)nnc1SCC(=O)N1N=C(c2ccc(Br)cc2)CC1c1ccc(F)cc1. The van der Waals surface area contributed by atoms with Crippen LogP contribution in [0.2, 0.25) is 0 Å². The topological polar surface area (TPSA) is 106 Å². The highest BCUT2D eigenvalue weighted by molar-refractivity contribution is 9.10. The average molecular weight is 597 g/mol. The third-order valence-electron chi connectivity index (χ3n) is 6.00. The summed E-state index contributed by atoms with van der Waals surface area (Å²) in [4.78, 5) is 25.5. The van der Waals surface area contributed by atoms with Crippen molar-refractivity contribution in [1.82, 2.24) is 25.1 Å². The van der Waals surface area contributed by atoms with Crippen molar-refractivity contribution in [3.8, 4) is 0 Å². The fraction of sp³-hybridized carbons (Fsp3) is 0.192. The molecule has 2 amide bonds. The van der Waals surface area contributed by atoms with Crippen molar-refractivity contribution in [2.75, 3.05) is 5.75 Å². The van der Waals surface area contributed by atoms with Crippen LogP contribution in [0.25, 0.3) is 0 Å². The highest BCUT2D eigenvalue weighted by Gasteiger charge is 2.33. The van der Waals surface area contributed by atoms with Gasteiger partial charge in [0.15, 0.2) is 16.7 Å². The molecule has 0 spiro atoms. The van der Waals surface area contributed by atoms with Gasteiger partial charge in [0, 0.05) is 17.9 Å². The van der Waals surface area contributed by atoms with Gasteiger partial charge >= 0.3 is 0 Å². The first kappa shape index (κ1) is 25.9. The van der Waals surface area contributed by atoms with Crippen molar-refractivity contribution < 1.29 is 18.4 Å². The fourth-order valence-electron chi connectivity index (χ4n) is 3.97. The van der Waals surface area contributed by atoms with Crippen LogP contribution in [0.1, 0.15) is 40.0 Å². The Bertz CT molecular complexity index is 1470. The van der Waals surface area contributed by atoms with Gasteiger partial charge in [-0.05, 0) is 47.5 Å². The second-order valence-electron chi connectivity index (χ2n) is 8.47. The van der Waals surface area contributed by atoms with Crippen molar-refractivity contribution in [2.24, 2.45) is 12.1 Å². The van der Waals surface area contributed by atoms with Gasteiger partial charge in [-0.1, -0.05) is 52.0 Å². The molecular weight excluding hydrogens is 575 g/mol. The van der Waals surface area contributed by atoms with Crippen LogP contribution in [0.3, 0.4) is 0 Å². The number of halogens is 2. The summed E-state index contributed by atoms with van der Waals surface area (Å²) in [6.07, 6.45) is 1.93. The minimum absolute atomic E-state index is 0.0690. The van der Waals surface area contributed by atoms with E-state index in [1.807, 2.05) is 24.3 Å². The number of nitrogens with zero attached hydrogens (tertiary/aromatic N) is 5. The molecule has 1 atom stereocenters. The molecule has 4 aromatic rings. The first-order valence-electron chi connectivity index (χ1n) is 11.6. The Labute approximate surface area is 230 Å². The third-order valence-corrected chi connectivity index (χ3v) is 7.53. The Morgan fingerprint density at radius 3 is 2.61 bits per heavy atom. The smallest absolute Gasteiger partial charge is 0.287 e. The lowest BCUT2D eigenvalue weighted by molar-refractivity contribution is -0.130. The summed E-state index contributed by atoms with van der Waals surface area (Å²) >= 11 is 4.66. The third kappa shape index (κ3) is 5.70. The summed E-state index contributed by atoms with van der Waals surface area (Å²) in [5.74, 6) is -0.112. The summed E-state index contributed by atoms with van der Waals surface area (Å²) in [5, 5.41) is 17.7. The van der Waals surface area contributed by atoms with Crippen LogP contribution in [0.15, 0.2) is 86.1 Å². The Hall–Kier alpha value is -3.77. The van der Waals surface area contributed by atoms with E-state index in [1.165, 1.54) is 35.2 Å². The molecule has 0 saturated heterocycles. The molecule has 0 aliphatic carbocycles. The van der Waals surface area contributed by atoms with Crippen LogP contribution in [-0.4, -0.2) is 43.1 Å². The number of furan rings is 1. The monoisotopic (exact) mass is 596 g/mol. The Kier molecular flexibility index (Phi) is 7.70. The fourth-order valence-corrected chi connectivity index (χ4v) is 5.02. The minimum Gasteiger partial charge on any atom is -0.459 e. The Morgan fingerprint density at radius 2 is 1.89 bits per heavy atom. The van der Waals surface area contributed by atoms with E-state index in [9.17, 15) is 14.0 Å². The van der Waals surface area contributed by atoms with Crippen molar-refractivity contribution in [2.45, 2.75) is 24.2 Å². The van der Waals surface area contributed by atoms with Crippen molar-refractivity contribution in [3.63, 3.8) is 0 Å². The zero-order valence-corrected chi connectivity index (χ0v) is 22.6. The number of hydrogen-bond acceptors (Lipinski definition) is 7. The van der Waals surface area contributed by atoms with Gasteiger partial charge in [0.05, 0.1) is 30.3 Å². The molecule has 1 aliphatic heterocycles. The predicted octanol–water partition coefficient (Wildman–Crippen LogP) is 4.71. The number of benzene rings is 2. The molecule has 2 aromatic heterocycles. The van der Waals surface area contributed by atoms with Gasteiger partial charge in [-0.25, -0.2) is 9.40 Å². The molecular formula is C26H22BrFN6O3S. The second kappa shape index (κ2) is 11.3. The quantitative estimate of drug-likeness (QED) is 0.295. The number of carbonyl (C=O) groups is 2. The number of hydrogen-bond donors (Lipinski definition) is 1. The van der Waals surface area contributed by atoms with Crippen LogP contribution in [-0.2, 0) is 18.4 Å². The number of hydrazone groups is 1. The van der Waals surface area contributed by atoms with Gasteiger partial charge in [0.25, 0.3) is 11.8 Å². The molecule has 1 unspecified atom stereocenters. The molecule has 0 fully saturated rings. The normalized spacial score (nSPS) is 15.0. The van der Waals surface area contributed by atoms with E-state index in [0.717, 1.165) is 21.3 Å². The second-order valence-corrected chi connectivity index (χ2v) is 10.3. The van der Waals surface area contributed by atoms with Gasteiger partial charge < -0.3 is 14.3 Å². The van der Waals surface area contributed by atoms with E-state index in [1.54, 1.807) is 35.9 Å². The lowest BCUT2D eigenvalue weighted by Crippen LogP contribution is -2.28. The summed E-state index contributed by atoms with van der Waals surface area (Å²) in [6.45, 7) is 0.150. The largest absolute Gasteiger partial charge is 0.459 e. The van der Waals surface area contributed by atoms with Crippen molar-refractivity contribution >= 4 is 45.2 Å². The van der Waals surface area contributed by atoms with Crippen LogP contribution in [0, 0.1) is 5.82 Å². The van der Waals surface area contributed by atoms with E-state index in [4.69, 9.17) is 4.42 Å². The molecule has 194 valence electrons. The number of thioether (sulfide) groups is 1. The molecule has 38 heavy (non-hydrogen) atoms. The lowest BCUT2D eigenvalue weighted by atomic mass is 9.98. The van der Waals surface area contributed by atoms with Crippen LogP contribution in [0.4, 0.5) is 4.39 Å². The predicted molar refractivity (Wildman–Crippen MR) is 143 cm³/mol. The van der Waals surface area contributed by atoms with Gasteiger partial charge in [-0.2, -0.15) is 5.10 Å². The van der Waals surface area contributed by atoms with Crippen molar-refractivity contribution in [3.05, 3.63) is 99.9 Å². The molecule has 1 N–H and O–H groups in total. The highest BCUT2D eigenvalue weighted by atomic mass is 79.9. The highest BCUT2D eigenvalue weighted by Crippen LogP contribution is 2.34. The zero-order valence-electron chi connectivity index (χ0n) is 20.2. The summed E-state index contributed by atoms with van der Waals surface area (Å²) < 4.78 is 21.3. The van der Waals surface area contributed by atoms with E-state index < -0.39 is 0 Å². The summed E-state index contributed by atoms with van der Waals surface area (Å²) in [7, 11) is 1.77. The molecule has 0 saturated carbocycles. The number of aromatic nitrogens is 3. The number of amides is 2. The van der Waals surface area contributed by atoms with Gasteiger partial charge in [0.2, 0.25) is 0 Å². The van der Waals surface area contributed by atoms with Crippen LogP contribution in [0.5, 0.6) is 0 Å². The average Bonchev–Trinajstić information content (AvgIpc) is 3.68. The molecule has 3 heterocycles. The first-order chi connectivity index (χ1) is 18.4. The lowest BCUT2D eigenvalue weighted by Gasteiger charge is -2.22. The molecule has 0 radical (unpaired) electrons. The maximum atomic E-state index is 13.6. The minimum atomic E-state index is -0.359. The first-order valence-corrected chi connectivity index (χ1v) is 13.4. The molecule has 5 rings (SSSR count). The number of carbonyl (C=O) groups excluding carboxylic acids is 2. The Balaban J connectivity index is 1.28. The molecule has 1 aliphatic rings. The van der Waals surface area contributed by atoms with Gasteiger partial charge in [-0.3, -0.25) is 9.59 Å². The standard InChI is InChI=1S/C26H22BrFN6O3S/c1-33-23(14-29-25(36)22-3-2-12-37-22)30-31-26(33)38-15-24(35)34-21(17-6-10-19(28)11-7-17)13-20(32-34)16-4-8-18(27)9-5-16/h2-12,21H,13-15H2,1H3,(H,29,36). The van der Waals surface area contributed by atoms with Gasteiger partial charge in [-0.15, -0.1) is 10.2 Å². The molecule has 9 nitrogen and oxygen atoms in total. The zero-order chi connectivity index (χ0) is 26.6. The van der Waals surface area contributed by atoms with E-state index in [-0.39, 0.29) is 41.7 Å². The molecule has 0 bridgehead atoms. The Morgan fingerprint density at radius 1 is 1.13 bits per heavy atom. The summed E-state index contributed by atoms with van der Waals surface area (Å²) in [5.41, 5.74) is 2.49.